The highest BCUT2D eigenvalue weighted by atomic mass is 32.1. The van der Waals surface area contributed by atoms with Crippen molar-refractivity contribution in [2.45, 2.75) is 13.0 Å². The Kier molecular flexibility index (Phi) is 5.58. The van der Waals surface area contributed by atoms with Crippen LogP contribution < -0.4 is 15.9 Å². The smallest absolute Gasteiger partial charge is 0.348 e. The Hall–Kier alpha value is -4.05. The van der Waals surface area contributed by atoms with Crippen LogP contribution in [0.4, 0.5) is 17.6 Å². The van der Waals surface area contributed by atoms with Gasteiger partial charge >= 0.3 is 5.69 Å². The predicted octanol–water partition coefficient (Wildman–Crippen LogP) is 3.49. The summed E-state index contributed by atoms with van der Waals surface area (Å²) in [5.41, 5.74) is 5.20. The molecule has 0 aliphatic heterocycles. The zero-order chi connectivity index (χ0) is 21.8. The molecule has 0 unspecified atom stereocenters. The van der Waals surface area contributed by atoms with Crippen molar-refractivity contribution in [2.75, 3.05) is 16.8 Å². The molecule has 0 spiro atoms. The van der Waals surface area contributed by atoms with Gasteiger partial charge in [-0.15, -0.1) is 11.3 Å². The lowest BCUT2D eigenvalue weighted by atomic mass is 10.2. The molecule has 0 fully saturated rings. The monoisotopic (exact) mass is 444 g/mol. The van der Waals surface area contributed by atoms with Gasteiger partial charge < -0.3 is 15.2 Å². The van der Waals surface area contributed by atoms with Crippen molar-refractivity contribution in [1.82, 2.24) is 29.9 Å². The van der Waals surface area contributed by atoms with Crippen LogP contribution in [0.25, 0.3) is 10.2 Å². The number of H-pyrrole nitrogens is 2. The molecule has 3 N–H and O–H groups in total. The number of hydrogen-bond donors (Lipinski definition) is 3. The van der Waals surface area contributed by atoms with Crippen molar-refractivity contribution < 1.29 is 0 Å². The Labute approximate surface area is 187 Å². The predicted molar refractivity (Wildman–Crippen MR) is 125 cm³/mol. The molecular weight excluding hydrogens is 424 g/mol. The van der Waals surface area contributed by atoms with Crippen molar-refractivity contribution in [1.29, 1.82) is 0 Å². The third-order valence-electron chi connectivity index (χ3n) is 4.94. The summed E-state index contributed by atoms with van der Waals surface area (Å²) in [6.45, 7) is 1.19. The van der Waals surface area contributed by atoms with E-state index >= 15 is 0 Å². The van der Waals surface area contributed by atoms with Crippen LogP contribution in [0.15, 0.2) is 71.4 Å². The SMILES string of the molecule is O=c1nc(N(CCc2cnc[nH]2)Cc2ccccc2)nc(Nc2ccc3ncsc3c2)[nH]1. The van der Waals surface area contributed by atoms with Crippen LogP contribution >= 0.6 is 11.3 Å². The van der Waals surface area contributed by atoms with Crippen molar-refractivity contribution in [3.63, 3.8) is 0 Å². The first-order valence-electron chi connectivity index (χ1n) is 10.1. The lowest BCUT2D eigenvalue weighted by Gasteiger charge is -2.22. The summed E-state index contributed by atoms with van der Waals surface area (Å²) in [6.07, 6.45) is 4.16. The van der Waals surface area contributed by atoms with Crippen LogP contribution in [0.2, 0.25) is 0 Å². The largest absolute Gasteiger partial charge is 0.351 e. The van der Waals surface area contributed by atoms with E-state index in [2.05, 4.69) is 35.2 Å². The maximum absolute atomic E-state index is 12.4. The Balaban J connectivity index is 1.42. The Morgan fingerprint density at radius 2 is 2.00 bits per heavy atom. The van der Waals surface area contributed by atoms with Crippen molar-refractivity contribution in [3.8, 4) is 0 Å². The summed E-state index contributed by atoms with van der Waals surface area (Å²) < 4.78 is 1.05. The number of anilines is 3. The maximum Gasteiger partial charge on any atom is 0.351 e. The third kappa shape index (κ3) is 4.65. The Bertz CT molecular complexity index is 1360. The summed E-state index contributed by atoms with van der Waals surface area (Å²) in [4.78, 5) is 37.3. The molecule has 10 heteroatoms. The average Bonchev–Trinajstić information content (AvgIpc) is 3.48. The Morgan fingerprint density at radius 3 is 2.84 bits per heavy atom. The van der Waals surface area contributed by atoms with Crippen LogP contribution in [-0.2, 0) is 13.0 Å². The maximum atomic E-state index is 12.4. The van der Waals surface area contributed by atoms with E-state index in [-0.39, 0.29) is 0 Å². The highest BCUT2D eigenvalue weighted by molar-refractivity contribution is 7.16. The zero-order valence-electron chi connectivity index (χ0n) is 17.0. The third-order valence-corrected chi connectivity index (χ3v) is 5.73. The van der Waals surface area contributed by atoms with Gasteiger partial charge in [0.1, 0.15) is 0 Å². The first-order chi connectivity index (χ1) is 15.7. The fourth-order valence-corrected chi connectivity index (χ4v) is 4.09. The van der Waals surface area contributed by atoms with E-state index in [1.807, 2.05) is 53.4 Å². The van der Waals surface area contributed by atoms with Crippen LogP contribution in [0.5, 0.6) is 0 Å². The van der Waals surface area contributed by atoms with E-state index in [0.29, 0.717) is 31.4 Å². The van der Waals surface area contributed by atoms with Crippen molar-refractivity contribution >= 4 is 39.1 Å². The van der Waals surface area contributed by atoms with Gasteiger partial charge in [0.05, 0.1) is 22.1 Å². The van der Waals surface area contributed by atoms with Crippen LogP contribution in [-0.4, -0.2) is 36.4 Å². The van der Waals surface area contributed by atoms with Gasteiger partial charge in [0, 0.05) is 37.1 Å². The van der Waals surface area contributed by atoms with E-state index in [0.717, 1.165) is 27.2 Å². The van der Waals surface area contributed by atoms with Gasteiger partial charge in [0.25, 0.3) is 0 Å². The summed E-state index contributed by atoms with van der Waals surface area (Å²) in [5.74, 6) is 0.696. The quantitative estimate of drug-likeness (QED) is 0.335. The first-order valence-corrected chi connectivity index (χ1v) is 11.0. The molecule has 3 aromatic heterocycles. The number of nitrogens with one attached hydrogen (secondary N) is 3. The zero-order valence-corrected chi connectivity index (χ0v) is 17.8. The molecule has 0 radical (unpaired) electrons. The number of hydrogen-bond acceptors (Lipinski definition) is 8. The molecule has 5 aromatic rings. The second-order valence-corrected chi connectivity index (χ2v) is 8.08. The molecule has 9 nitrogen and oxygen atoms in total. The lowest BCUT2D eigenvalue weighted by Crippen LogP contribution is -2.30. The van der Waals surface area contributed by atoms with E-state index in [4.69, 9.17) is 0 Å². The van der Waals surface area contributed by atoms with Crippen LogP contribution in [0, 0.1) is 0 Å². The van der Waals surface area contributed by atoms with Crippen LogP contribution in [0.3, 0.4) is 0 Å². The normalized spacial score (nSPS) is 11.0. The minimum atomic E-state index is -0.462. The number of nitrogens with zero attached hydrogens (tertiary/aromatic N) is 5. The number of thiazole rings is 1. The van der Waals surface area contributed by atoms with Gasteiger partial charge in [-0.25, -0.2) is 14.8 Å². The standard InChI is InChI=1S/C22H20N8OS/c31-22-28-20(26-16-6-7-18-19(10-16)32-14-25-18)27-21(29-22)30(9-8-17-11-23-13-24-17)12-15-4-2-1-3-5-15/h1-7,10-11,13-14H,8-9,12H2,(H,23,24)(H2,26,27,28,29,31). The Morgan fingerprint density at radius 1 is 1.09 bits per heavy atom. The summed E-state index contributed by atoms with van der Waals surface area (Å²) in [7, 11) is 0. The molecule has 0 bridgehead atoms. The van der Waals surface area contributed by atoms with E-state index in [9.17, 15) is 4.79 Å². The van der Waals surface area contributed by atoms with Crippen molar-refractivity contribution in [2.24, 2.45) is 0 Å². The molecule has 160 valence electrons. The molecule has 0 saturated carbocycles. The van der Waals surface area contributed by atoms with Gasteiger partial charge in [0.15, 0.2) is 0 Å². The molecule has 3 heterocycles. The topological polar surface area (TPSA) is 115 Å². The first kappa shape index (κ1) is 19.9. The number of fused-ring (bicyclic) bond motifs is 1. The number of rotatable bonds is 8. The minimum Gasteiger partial charge on any atom is -0.348 e. The van der Waals surface area contributed by atoms with Crippen molar-refractivity contribution in [3.05, 3.63) is 88.3 Å². The van der Waals surface area contributed by atoms with Crippen LogP contribution in [0.1, 0.15) is 11.3 Å². The second kappa shape index (κ2) is 8.98. The fraction of sp³-hybridized carbons (Fsp3) is 0.136. The molecule has 0 aliphatic carbocycles. The van der Waals surface area contributed by atoms with Gasteiger partial charge in [-0.2, -0.15) is 9.97 Å². The van der Waals surface area contributed by atoms with Gasteiger partial charge in [0.2, 0.25) is 11.9 Å². The number of aromatic amines is 2. The van der Waals surface area contributed by atoms with E-state index in [1.54, 1.807) is 29.4 Å². The molecule has 0 atom stereocenters. The van der Waals surface area contributed by atoms with E-state index < -0.39 is 5.69 Å². The van der Waals surface area contributed by atoms with Gasteiger partial charge in [-0.3, -0.25) is 4.98 Å². The second-order valence-electron chi connectivity index (χ2n) is 7.20. The number of imidazole rings is 1. The summed E-state index contributed by atoms with van der Waals surface area (Å²) in [6, 6.07) is 15.9. The molecule has 0 aliphatic rings. The van der Waals surface area contributed by atoms with Gasteiger partial charge in [-0.1, -0.05) is 30.3 Å². The summed E-state index contributed by atoms with van der Waals surface area (Å²) in [5, 5.41) is 3.18. The number of benzene rings is 2. The highest BCUT2D eigenvalue weighted by Crippen LogP contribution is 2.23. The summed E-state index contributed by atoms with van der Waals surface area (Å²) >= 11 is 1.56. The fourth-order valence-electron chi connectivity index (χ4n) is 3.37. The molecule has 5 rings (SSSR count). The lowest BCUT2D eigenvalue weighted by molar-refractivity contribution is 0.736. The average molecular weight is 445 g/mol. The molecule has 0 amide bonds. The molecule has 32 heavy (non-hydrogen) atoms. The van der Waals surface area contributed by atoms with E-state index in [1.165, 1.54) is 0 Å². The van der Waals surface area contributed by atoms with Gasteiger partial charge in [-0.05, 0) is 23.8 Å². The molecule has 2 aromatic carbocycles. The minimum absolute atomic E-state index is 0.337. The molecule has 0 saturated heterocycles. The highest BCUT2D eigenvalue weighted by Gasteiger charge is 2.14. The molecular formula is C22H20N8OS. The number of aromatic nitrogens is 6.